The van der Waals surface area contributed by atoms with E-state index in [0.717, 1.165) is 6.07 Å². The quantitative estimate of drug-likeness (QED) is 0.379. The van der Waals surface area contributed by atoms with Crippen molar-refractivity contribution < 1.29 is 41.4 Å². The summed E-state index contributed by atoms with van der Waals surface area (Å²) in [5, 5.41) is 3.51. The molecule has 2 aromatic rings. The average molecular weight is 430 g/mol. The predicted octanol–water partition coefficient (Wildman–Crippen LogP) is 3.59. The summed E-state index contributed by atoms with van der Waals surface area (Å²) in [5.41, 5.74) is -3.83. The Morgan fingerprint density at radius 3 is 2.20 bits per heavy atom. The number of aryl methyl sites for hydroxylation is 1. The van der Waals surface area contributed by atoms with Crippen LogP contribution >= 0.6 is 0 Å². The lowest BCUT2D eigenvalue weighted by molar-refractivity contribution is -0.138. The van der Waals surface area contributed by atoms with Gasteiger partial charge in [-0.2, -0.15) is 18.3 Å². The van der Waals surface area contributed by atoms with Gasteiger partial charge in [-0.1, -0.05) is 12.1 Å². The number of nitrogens with zero attached hydrogens (tertiary/aromatic N) is 2. The molecule has 0 radical (unpaired) electrons. The van der Waals surface area contributed by atoms with E-state index in [-0.39, 0.29) is 24.3 Å². The summed E-state index contributed by atoms with van der Waals surface area (Å²) in [4.78, 5) is 36.7. The van der Waals surface area contributed by atoms with Crippen LogP contribution in [-0.2, 0) is 22.2 Å². The maximum absolute atomic E-state index is 13.7. The van der Waals surface area contributed by atoms with Crippen LogP contribution in [0.2, 0.25) is 0 Å². The van der Waals surface area contributed by atoms with E-state index in [1.807, 2.05) is 0 Å². The molecule has 0 fully saturated rings. The van der Waals surface area contributed by atoms with Crippen molar-refractivity contribution in [1.82, 2.24) is 9.78 Å². The molecule has 1 aromatic carbocycles. The molecule has 0 unspecified atom stereocenters. The molecular formula is C19H18F4N2O5. The summed E-state index contributed by atoms with van der Waals surface area (Å²) in [6.45, 7) is 2.87. The lowest BCUT2D eigenvalue weighted by Gasteiger charge is -2.11. The number of benzene rings is 1. The van der Waals surface area contributed by atoms with Crippen LogP contribution in [-0.4, -0.2) is 40.7 Å². The van der Waals surface area contributed by atoms with E-state index in [2.05, 4.69) is 14.6 Å². The van der Waals surface area contributed by atoms with Gasteiger partial charge < -0.3 is 9.47 Å². The molecule has 2 rings (SSSR count). The molecule has 0 aliphatic carbocycles. The van der Waals surface area contributed by atoms with Crippen molar-refractivity contribution in [1.29, 1.82) is 0 Å². The van der Waals surface area contributed by atoms with E-state index in [1.165, 1.54) is 32.9 Å². The Morgan fingerprint density at radius 1 is 1.07 bits per heavy atom. The van der Waals surface area contributed by atoms with Gasteiger partial charge in [0, 0.05) is 5.56 Å². The molecule has 0 aliphatic heterocycles. The van der Waals surface area contributed by atoms with Crippen molar-refractivity contribution in [2.45, 2.75) is 33.5 Å². The van der Waals surface area contributed by atoms with Gasteiger partial charge in [-0.05, 0) is 32.4 Å². The van der Waals surface area contributed by atoms with Gasteiger partial charge in [0.05, 0.1) is 13.2 Å². The summed E-state index contributed by atoms with van der Waals surface area (Å²) in [6, 6.07) is 3.52. The molecule has 7 nitrogen and oxygen atoms in total. The lowest BCUT2D eigenvalue weighted by atomic mass is 10.1. The average Bonchev–Trinajstić information content (AvgIpc) is 3.04. The van der Waals surface area contributed by atoms with Crippen molar-refractivity contribution in [3.8, 4) is 0 Å². The summed E-state index contributed by atoms with van der Waals surface area (Å²) < 4.78 is 64.4. The molecule has 0 aliphatic rings. The third kappa shape index (κ3) is 4.84. The predicted molar refractivity (Wildman–Crippen MR) is 94.6 cm³/mol. The van der Waals surface area contributed by atoms with Crippen LogP contribution in [0.5, 0.6) is 0 Å². The minimum Gasteiger partial charge on any atom is -0.461 e. The van der Waals surface area contributed by atoms with Crippen molar-refractivity contribution in [2.75, 3.05) is 13.2 Å². The number of alkyl halides is 3. The van der Waals surface area contributed by atoms with Crippen molar-refractivity contribution in [3.63, 3.8) is 0 Å². The van der Waals surface area contributed by atoms with Crippen LogP contribution in [0.3, 0.4) is 0 Å². The Labute approximate surface area is 168 Å². The lowest BCUT2D eigenvalue weighted by Crippen LogP contribution is -2.22. The molecule has 0 saturated carbocycles. The molecule has 0 atom stereocenters. The Bertz CT molecular complexity index is 982. The van der Waals surface area contributed by atoms with Gasteiger partial charge >= 0.3 is 18.1 Å². The highest BCUT2D eigenvalue weighted by atomic mass is 19.4. The summed E-state index contributed by atoms with van der Waals surface area (Å²) in [5.74, 6) is -4.35. The normalized spacial score (nSPS) is 11.3. The van der Waals surface area contributed by atoms with Gasteiger partial charge in [-0.15, -0.1) is 0 Å². The smallest absolute Gasteiger partial charge is 0.421 e. The van der Waals surface area contributed by atoms with Crippen LogP contribution in [0.4, 0.5) is 17.6 Å². The molecule has 0 N–H and O–H groups in total. The van der Waals surface area contributed by atoms with Gasteiger partial charge in [-0.3, -0.25) is 4.79 Å². The molecule has 1 aromatic heterocycles. The van der Waals surface area contributed by atoms with Gasteiger partial charge in [0.2, 0.25) is 0 Å². The Morgan fingerprint density at radius 2 is 1.67 bits per heavy atom. The number of halogens is 4. The van der Waals surface area contributed by atoms with E-state index in [1.54, 1.807) is 0 Å². The first-order chi connectivity index (χ1) is 14.0. The number of ether oxygens (including phenoxy) is 2. The molecule has 30 heavy (non-hydrogen) atoms. The fourth-order valence-electron chi connectivity index (χ4n) is 2.59. The second-order valence-corrected chi connectivity index (χ2v) is 6.06. The topological polar surface area (TPSA) is 87.5 Å². The summed E-state index contributed by atoms with van der Waals surface area (Å²) in [6.07, 6.45) is -5.17. The number of carbonyl (C=O) groups is 3. The minimum atomic E-state index is -5.17. The SMILES string of the molecule is CCOC(=O)c1nn(CC(=O)c2ccc(C)c(F)c2)c(C(=O)OCC)c1C(F)(F)F. The van der Waals surface area contributed by atoms with Gasteiger partial charge in [0.1, 0.15) is 17.9 Å². The van der Waals surface area contributed by atoms with Crippen LogP contribution in [0, 0.1) is 12.7 Å². The maximum atomic E-state index is 13.7. The fourth-order valence-corrected chi connectivity index (χ4v) is 2.59. The number of hydrogen-bond acceptors (Lipinski definition) is 6. The standard InChI is InChI=1S/C19H18F4N2O5/c1-4-29-17(27)15-14(19(21,22)23)16(18(28)30-5-2)25(24-15)9-13(26)11-7-6-10(3)12(20)8-11/h6-8H,4-5,9H2,1-3H3. The molecule has 0 saturated heterocycles. The maximum Gasteiger partial charge on any atom is 0.421 e. The summed E-state index contributed by atoms with van der Waals surface area (Å²) >= 11 is 0. The highest BCUT2D eigenvalue weighted by Crippen LogP contribution is 2.35. The molecule has 11 heteroatoms. The zero-order valence-electron chi connectivity index (χ0n) is 16.3. The zero-order chi connectivity index (χ0) is 22.6. The first kappa shape index (κ1) is 23.0. The van der Waals surface area contributed by atoms with Crippen LogP contribution in [0.15, 0.2) is 18.2 Å². The molecule has 0 bridgehead atoms. The first-order valence-corrected chi connectivity index (χ1v) is 8.82. The number of Topliss-reactive ketones (excluding diaryl/α,β-unsaturated/α-hetero) is 1. The highest BCUT2D eigenvalue weighted by Gasteiger charge is 2.45. The van der Waals surface area contributed by atoms with E-state index in [9.17, 15) is 31.9 Å². The molecular weight excluding hydrogens is 412 g/mol. The third-order valence-corrected chi connectivity index (χ3v) is 3.96. The zero-order valence-corrected chi connectivity index (χ0v) is 16.3. The molecule has 162 valence electrons. The number of rotatable bonds is 7. The number of esters is 2. The first-order valence-electron chi connectivity index (χ1n) is 8.82. The van der Waals surface area contributed by atoms with Crippen LogP contribution < -0.4 is 0 Å². The Hall–Kier alpha value is -3.24. The van der Waals surface area contributed by atoms with Gasteiger partial charge in [0.25, 0.3) is 0 Å². The second-order valence-electron chi connectivity index (χ2n) is 6.06. The van der Waals surface area contributed by atoms with Crippen LogP contribution in [0.1, 0.15) is 56.3 Å². The van der Waals surface area contributed by atoms with Gasteiger partial charge in [-0.25, -0.2) is 18.7 Å². The van der Waals surface area contributed by atoms with Crippen molar-refractivity contribution >= 4 is 17.7 Å². The largest absolute Gasteiger partial charge is 0.461 e. The van der Waals surface area contributed by atoms with Gasteiger partial charge in [0.15, 0.2) is 17.2 Å². The minimum absolute atomic E-state index is 0.144. The monoisotopic (exact) mass is 430 g/mol. The number of hydrogen-bond donors (Lipinski definition) is 0. The van der Waals surface area contributed by atoms with E-state index >= 15 is 0 Å². The third-order valence-electron chi connectivity index (χ3n) is 3.96. The van der Waals surface area contributed by atoms with Crippen molar-refractivity contribution in [3.05, 3.63) is 52.1 Å². The Kier molecular flexibility index (Phi) is 6.96. The number of carbonyl (C=O) groups excluding carboxylic acids is 3. The number of ketones is 1. The van der Waals surface area contributed by atoms with E-state index in [4.69, 9.17) is 0 Å². The molecule has 0 amide bonds. The molecule has 1 heterocycles. The van der Waals surface area contributed by atoms with E-state index < -0.39 is 53.2 Å². The highest BCUT2D eigenvalue weighted by molar-refractivity contribution is 5.99. The second kappa shape index (κ2) is 9.06. The van der Waals surface area contributed by atoms with E-state index in [0.29, 0.717) is 4.68 Å². The number of aromatic nitrogens is 2. The Balaban J connectivity index is 2.61. The molecule has 0 spiro atoms. The van der Waals surface area contributed by atoms with Crippen molar-refractivity contribution in [2.24, 2.45) is 0 Å². The van der Waals surface area contributed by atoms with Crippen LogP contribution in [0.25, 0.3) is 0 Å². The fraction of sp³-hybridized carbons (Fsp3) is 0.368. The summed E-state index contributed by atoms with van der Waals surface area (Å²) in [7, 11) is 0.